The Morgan fingerprint density at radius 1 is 1.23 bits per heavy atom. The Morgan fingerprint density at radius 2 is 1.85 bits per heavy atom. The van der Waals surface area contributed by atoms with Crippen LogP contribution < -0.4 is 15.5 Å². The Labute approximate surface area is 163 Å². The highest BCUT2D eigenvalue weighted by Gasteiger charge is 2.31. The quantitative estimate of drug-likeness (QED) is 0.463. The van der Waals surface area contributed by atoms with E-state index in [1.807, 2.05) is 12.1 Å². The molecule has 1 aromatic rings. The zero-order valence-corrected chi connectivity index (χ0v) is 16.6. The first kappa shape index (κ1) is 18.6. The van der Waals surface area contributed by atoms with Gasteiger partial charge in [-0.3, -0.25) is 20.2 Å². The standard InChI is InChI=1S/C19H20ClN3O2S/c1-5-23-15-8-14(20)11(6-12(15)10(2)9-19(23,3)4)7-13-16(24)21-18(26)22-17(13)25/h6-9H,5H2,1-4H3,(H2,21,22,24,25,26). The summed E-state index contributed by atoms with van der Waals surface area (Å²) in [5.74, 6) is -1.06. The summed E-state index contributed by atoms with van der Waals surface area (Å²) in [4.78, 5) is 26.4. The van der Waals surface area contributed by atoms with Crippen LogP contribution in [0.3, 0.4) is 0 Å². The van der Waals surface area contributed by atoms with Gasteiger partial charge in [0, 0.05) is 22.8 Å². The van der Waals surface area contributed by atoms with Gasteiger partial charge in [0.2, 0.25) is 0 Å². The van der Waals surface area contributed by atoms with Crippen LogP contribution in [0.2, 0.25) is 5.02 Å². The van der Waals surface area contributed by atoms with Crippen molar-refractivity contribution in [1.29, 1.82) is 0 Å². The normalized spacial score (nSPS) is 18.8. The van der Waals surface area contributed by atoms with E-state index in [1.54, 1.807) is 0 Å². The summed E-state index contributed by atoms with van der Waals surface area (Å²) in [6, 6.07) is 3.82. The van der Waals surface area contributed by atoms with E-state index >= 15 is 0 Å². The molecular formula is C19H20ClN3O2S. The Balaban J connectivity index is 2.12. The van der Waals surface area contributed by atoms with Crippen molar-refractivity contribution < 1.29 is 9.59 Å². The van der Waals surface area contributed by atoms with E-state index in [0.29, 0.717) is 10.6 Å². The third-order valence-electron chi connectivity index (χ3n) is 4.66. The molecule has 1 fully saturated rings. The summed E-state index contributed by atoms with van der Waals surface area (Å²) >= 11 is 11.3. The van der Waals surface area contributed by atoms with Crippen molar-refractivity contribution in [1.82, 2.24) is 10.6 Å². The molecule has 0 aliphatic carbocycles. The SMILES string of the molecule is CCN1c2cc(Cl)c(C=C3C(=O)NC(=S)NC3=O)cc2C(C)=CC1(C)C. The number of nitrogens with zero attached hydrogens (tertiary/aromatic N) is 1. The first-order valence-electron chi connectivity index (χ1n) is 8.33. The number of anilines is 1. The maximum absolute atomic E-state index is 12.1. The first-order valence-corrected chi connectivity index (χ1v) is 9.12. The molecule has 0 bridgehead atoms. The molecule has 2 amide bonds. The molecule has 2 heterocycles. The van der Waals surface area contributed by atoms with Crippen LogP contribution in [0.4, 0.5) is 5.69 Å². The maximum atomic E-state index is 12.1. The van der Waals surface area contributed by atoms with Crippen molar-refractivity contribution in [3.8, 4) is 0 Å². The average Bonchev–Trinajstić information content (AvgIpc) is 2.51. The predicted octanol–water partition coefficient (Wildman–Crippen LogP) is 3.28. The van der Waals surface area contributed by atoms with Crippen molar-refractivity contribution in [2.75, 3.05) is 11.4 Å². The highest BCUT2D eigenvalue weighted by atomic mass is 35.5. The Bertz CT molecular complexity index is 880. The van der Waals surface area contributed by atoms with Gasteiger partial charge < -0.3 is 4.90 Å². The molecule has 0 saturated carbocycles. The molecule has 0 unspecified atom stereocenters. The number of halogens is 1. The van der Waals surface area contributed by atoms with Crippen LogP contribution in [0.15, 0.2) is 23.8 Å². The molecule has 1 aromatic carbocycles. The van der Waals surface area contributed by atoms with Gasteiger partial charge in [-0.05, 0) is 69.3 Å². The lowest BCUT2D eigenvalue weighted by molar-refractivity contribution is -0.123. The summed E-state index contributed by atoms with van der Waals surface area (Å²) < 4.78 is 0. The number of thiocarbonyl (C=S) groups is 1. The second-order valence-corrected chi connectivity index (χ2v) is 7.73. The van der Waals surface area contributed by atoms with Crippen molar-refractivity contribution >= 4 is 58.1 Å². The number of carbonyl (C=O) groups excluding carboxylic acids is 2. The van der Waals surface area contributed by atoms with E-state index in [2.05, 4.69) is 49.3 Å². The largest absolute Gasteiger partial charge is 0.363 e. The van der Waals surface area contributed by atoms with Gasteiger partial charge in [0.1, 0.15) is 5.57 Å². The maximum Gasteiger partial charge on any atom is 0.263 e. The topological polar surface area (TPSA) is 61.4 Å². The summed E-state index contributed by atoms with van der Waals surface area (Å²) in [6.45, 7) is 9.31. The molecule has 3 rings (SSSR count). The Hall–Kier alpha value is -2.18. The Morgan fingerprint density at radius 3 is 2.42 bits per heavy atom. The van der Waals surface area contributed by atoms with E-state index < -0.39 is 11.8 Å². The molecule has 26 heavy (non-hydrogen) atoms. The first-order chi connectivity index (χ1) is 12.1. The third kappa shape index (κ3) is 3.15. The summed E-state index contributed by atoms with van der Waals surface area (Å²) in [5, 5.41) is 5.34. The second kappa shape index (κ2) is 6.52. The zero-order chi connectivity index (χ0) is 19.2. The summed E-state index contributed by atoms with van der Waals surface area (Å²) in [7, 11) is 0. The van der Waals surface area contributed by atoms with Gasteiger partial charge in [-0.15, -0.1) is 0 Å². The minimum absolute atomic E-state index is 0.00767. The molecule has 7 heteroatoms. The second-order valence-electron chi connectivity index (χ2n) is 6.91. The number of likely N-dealkylation sites (N-methyl/N-ethyl adjacent to an activating group) is 1. The lowest BCUT2D eigenvalue weighted by Gasteiger charge is -2.43. The van der Waals surface area contributed by atoms with Gasteiger partial charge in [0.25, 0.3) is 11.8 Å². The lowest BCUT2D eigenvalue weighted by atomic mass is 9.88. The van der Waals surface area contributed by atoms with Gasteiger partial charge in [0.15, 0.2) is 5.11 Å². The van der Waals surface area contributed by atoms with E-state index in [0.717, 1.165) is 23.4 Å². The van der Waals surface area contributed by atoms with E-state index in [4.69, 9.17) is 23.8 Å². The van der Waals surface area contributed by atoms with Crippen LogP contribution in [0, 0.1) is 0 Å². The molecule has 0 aromatic heterocycles. The predicted molar refractivity (Wildman–Crippen MR) is 109 cm³/mol. The molecule has 2 aliphatic rings. The third-order valence-corrected chi connectivity index (χ3v) is 5.19. The summed E-state index contributed by atoms with van der Waals surface area (Å²) in [5.41, 5.74) is 3.68. The van der Waals surface area contributed by atoms with Crippen LogP contribution >= 0.6 is 23.8 Å². The van der Waals surface area contributed by atoms with Crippen LogP contribution in [-0.2, 0) is 9.59 Å². The van der Waals surface area contributed by atoms with Crippen LogP contribution in [-0.4, -0.2) is 29.0 Å². The van der Waals surface area contributed by atoms with Crippen LogP contribution in [0.5, 0.6) is 0 Å². The van der Waals surface area contributed by atoms with E-state index in [1.165, 1.54) is 6.08 Å². The number of carbonyl (C=O) groups is 2. The van der Waals surface area contributed by atoms with Gasteiger partial charge in [0.05, 0.1) is 5.54 Å². The van der Waals surface area contributed by atoms with Gasteiger partial charge in [-0.1, -0.05) is 17.7 Å². The van der Waals surface area contributed by atoms with Crippen molar-refractivity contribution in [2.24, 2.45) is 0 Å². The number of hydrogen-bond acceptors (Lipinski definition) is 4. The van der Waals surface area contributed by atoms with Gasteiger partial charge in [-0.2, -0.15) is 0 Å². The van der Waals surface area contributed by atoms with Crippen molar-refractivity contribution in [3.63, 3.8) is 0 Å². The number of allylic oxidation sites excluding steroid dienone is 1. The van der Waals surface area contributed by atoms with Crippen molar-refractivity contribution in [3.05, 3.63) is 39.9 Å². The molecule has 1 saturated heterocycles. The van der Waals surface area contributed by atoms with Gasteiger partial charge in [-0.25, -0.2) is 0 Å². The highest BCUT2D eigenvalue weighted by Crippen LogP contribution is 2.41. The molecular weight excluding hydrogens is 370 g/mol. The zero-order valence-electron chi connectivity index (χ0n) is 15.1. The lowest BCUT2D eigenvalue weighted by Crippen LogP contribution is -2.51. The van der Waals surface area contributed by atoms with Crippen molar-refractivity contribution in [2.45, 2.75) is 33.2 Å². The number of benzene rings is 1. The van der Waals surface area contributed by atoms with Crippen LogP contribution in [0.1, 0.15) is 38.8 Å². The molecule has 136 valence electrons. The molecule has 0 spiro atoms. The fourth-order valence-corrected chi connectivity index (χ4v) is 3.96. The number of rotatable bonds is 2. The molecule has 5 nitrogen and oxygen atoms in total. The molecule has 0 radical (unpaired) electrons. The smallest absolute Gasteiger partial charge is 0.263 e. The Kier molecular flexibility index (Phi) is 4.67. The minimum atomic E-state index is -0.531. The summed E-state index contributed by atoms with van der Waals surface area (Å²) in [6.07, 6.45) is 3.71. The number of fused-ring (bicyclic) bond motifs is 1. The number of hydrogen-bond donors (Lipinski definition) is 2. The van der Waals surface area contributed by atoms with E-state index in [9.17, 15) is 9.59 Å². The fraction of sp³-hybridized carbons (Fsp3) is 0.316. The van der Waals surface area contributed by atoms with Crippen LogP contribution in [0.25, 0.3) is 11.6 Å². The van der Waals surface area contributed by atoms with E-state index in [-0.39, 0.29) is 16.2 Å². The average molecular weight is 390 g/mol. The molecule has 2 N–H and O–H groups in total. The number of amides is 2. The highest BCUT2D eigenvalue weighted by molar-refractivity contribution is 7.80. The molecule has 0 atom stereocenters. The monoisotopic (exact) mass is 389 g/mol. The minimum Gasteiger partial charge on any atom is -0.363 e. The molecule has 2 aliphatic heterocycles. The fourth-order valence-electron chi connectivity index (χ4n) is 3.56. The number of nitrogens with one attached hydrogen (secondary N) is 2. The van der Waals surface area contributed by atoms with Gasteiger partial charge >= 0.3 is 0 Å².